The van der Waals surface area contributed by atoms with Gasteiger partial charge in [-0.15, -0.1) is 0 Å². The zero-order valence-corrected chi connectivity index (χ0v) is 7.12. The first-order chi connectivity index (χ1) is 5.37. The maximum atomic E-state index is 9.11. The van der Waals surface area contributed by atoms with Gasteiger partial charge in [0.1, 0.15) is 18.3 Å². The van der Waals surface area contributed by atoms with E-state index in [0.29, 0.717) is 0 Å². The average molecular weight is 180 g/mol. The average Bonchev–Trinajstić information content (AvgIpc) is 2.00. The van der Waals surface area contributed by atoms with Crippen LogP contribution in [0.2, 0.25) is 0 Å². The van der Waals surface area contributed by atoms with Gasteiger partial charge in [0.15, 0.2) is 0 Å². The van der Waals surface area contributed by atoms with Crippen molar-refractivity contribution < 1.29 is 25.5 Å². The van der Waals surface area contributed by atoms with Crippen molar-refractivity contribution in [1.82, 2.24) is 0 Å². The largest absolute Gasteiger partial charge is 0.391 e. The molecule has 0 heterocycles. The number of rotatable bonds is 4. The van der Waals surface area contributed by atoms with E-state index < -0.39 is 30.5 Å². The molecule has 0 fully saturated rings. The molecule has 0 aromatic carbocycles. The van der Waals surface area contributed by atoms with E-state index in [-0.39, 0.29) is 0 Å². The van der Waals surface area contributed by atoms with Crippen molar-refractivity contribution in [2.75, 3.05) is 0 Å². The molecule has 0 rings (SSSR count). The highest BCUT2D eigenvalue weighted by molar-refractivity contribution is 4.81. The SMILES string of the molecule is C[C@H](O)[C@H](O)[C@H](O)[C@H](O)[C@@H](C)O. The van der Waals surface area contributed by atoms with Gasteiger partial charge in [0.05, 0.1) is 12.2 Å². The molecule has 0 aliphatic heterocycles. The molecular weight excluding hydrogens is 164 g/mol. The Bertz CT molecular complexity index is 111. The summed E-state index contributed by atoms with van der Waals surface area (Å²) >= 11 is 0. The van der Waals surface area contributed by atoms with Gasteiger partial charge in [-0.25, -0.2) is 0 Å². The van der Waals surface area contributed by atoms with Gasteiger partial charge in [-0.3, -0.25) is 0 Å². The Labute approximate surface area is 70.9 Å². The van der Waals surface area contributed by atoms with E-state index in [1.165, 1.54) is 13.8 Å². The predicted octanol–water partition coefficient (Wildman–Crippen LogP) is -2.17. The molecule has 0 aliphatic rings. The summed E-state index contributed by atoms with van der Waals surface area (Å²) in [5, 5.41) is 44.8. The van der Waals surface area contributed by atoms with Crippen molar-refractivity contribution in [1.29, 1.82) is 0 Å². The lowest BCUT2D eigenvalue weighted by Gasteiger charge is -2.26. The lowest BCUT2D eigenvalue weighted by Crippen LogP contribution is -2.47. The molecule has 0 radical (unpaired) electrons. The summed E-state index contributed by atoms with van der Waals surface area (Å²) in [7, 11) is 0. The molecule has 0 saturated heterocycles. The molecule has 5 atom stereocenters. The highest BCUT2D eigenvalue weighted by Crippen LogP contribution is 2.07. The minimum atomic E-state index is -1.54. The Morgan fingerprint density at radius 2 is 0.833 bits per heavy atom. The quantitative estimate of drug-likeness (QED) is 0.339. The molecule has 0 aromatic rings. The van der Waals surface area contributed by atoms with E-state index in [9.17, 15) is 0 Å². The molecule has 0 aromatic heterocycles. The first-order valence-corrected chi connectivity index (χ1v) is 3.78. The van der Waals surface area contributed by atoms with Crippen LogP contribution in [0.4, 0.5) is 0 Å². The second-order valence-corrected chi connectivity index (χ2v) is 2.95. The van der Waals surface area contributed by atoms with Crippen LogP contribution in [0.25, 0.3) is 0 Å². The molecule has 0 bridgehead atoms. The molecule has 5 N–H and O–H groups in total. The maximum Gasteiger partial charge on any atom is 0.111 e. The Hall–Kier alpha value is -0.200. The fourth-order valence-corrected chi connectivity index (χ4v) is 0.773. The number of hydrogen-bond acceptors (Lipinski definition) is 5. The van der Waals surface area contributed by atoms with E-state index in [2.05, 4.69) is 0 Å². The topological polar surface area (TPSA) is 101 Å². The number of aliphatic hydroxyl groups is 5. The van der Waals surface area contributed by atoms with Gasteiger partial charge >= 0.3 is 0 Å². The van der Waals surface area contributed by atoms with E-state index in [0.717, 1.165) is 0 Å². The Morgan fingerprint density at radius 1 is 0.583 bits per heavy atom. The molecule has 0 saturated carbocycles. The van der Waals surface area contributed by atoms with Crippen LogP contribution < -0.4 is 0 Å². The van der Waals surface area contributed by atoms with Gasteiger partial charge in [-0.2, -0.15) is 0 Å². The van der Waals surface area contributed by atoms with Gasteiger partial charge in [0.25, 0.3) is 0 Å². The van der Waals surface area contributed by atoms with Crippen LogP contribution in [0.5, 0.6) is 0 Å². The van der Waals surface area contributed by atoms with Crippen LogP contribution in [-0.4, -0.2) is 56.1 Å². The van der Waals surface area contributed by atoms with E-state index in [1.54, 1.807) is 0 Å². The molecule has 12 heavy (non-hydrogen) atoms. The Kier molecular flexibility index (Phi) is 4.66. The van der Waals surface area contributed by atoms with Gasteiger partial charge in [0.2, 0.25) is 0 Å². The van der Waals surface area contributed by atoms with Crippen LogP contribution in [0.3, 0.4) is 0 Å². The fourth-order valence-electron chi connectivity index (χ4n) is 0.773. The van der Waals surface area contributed by atoms with Gasteiger partial charge in [-0.1, -0.05) is 0 Å². The summed E-state index contributed by atoms with van der Waals surface area (Å²) in [5.74, 6) is 0. The van der Waals surface area contributed by atoms with E-state index in [1.807, 2.05) is 0 Å². The third-order valence-corrected chi connectivity index (χ3v) is 1.69. The molecule has 5 nitrogen and oxygen atoms in total. The van der Waals surface area contributed by atoms with Crippen molar-refractivity contribution in [2.24, 2.45) is 0 Å². The highest BCUT2D eigenvalue weighted by Gasteiger charge is 2.30. The van der Waals surface area contributed by atoms with Crippen LogP contribution in [-0.2, 0) is 0 Å². The fraction of sp³-hybridized carbons (Fsp3) is 1.00. The third-order valence-electron chi connectivity index (χ3n) is 1.69. The zero-order chi connectivity index (χ0) is 9.89. The smallest absolute Gasteiger partial charge is 0.111 e. The van der Waals surface area contributed by atoms with Crippen molar-refractivity contribution in [3.05, 3.63) is 0 Å². The minimum Gasteiger partial charge on any atom is -0.391 e. The van der Waals surface area contributed by atoms with Gasteiger partial charge < -0.3 is 25.5 Å². The zero-order valence-electron chi connectivity index (χ0n) is 7.12. The summed E-state index contributed by atoms with van der Waals surface area (Å²) in [5.41, 5.74) is 0. The molecule has 0 spiro atoms. The van der Waals surface area contributed by atoms with Gasteiger partial charge in [-0.05, 0) is 13.8 Å². The second-order valence-electron chi connectivity index (χ2n) is 2.95. The predicted molar refractivity (Wildman–Crippen MR) is 41.4 cm³/mol. The number of aliphatic hydroxyl groups excluding tert-OH is 5. The van der Waals surface area contributed by atoms with Crippen molar-refractivity contribution in [3.8, 4) is 0 Å². The normalized spacial score (nSPS) is 24.2. The van der Waals surface area contributed by atoms with Crippen LogP contribution in [0, 0.1) is 0 Å². The standard InChI is InChI=1S/C7H16O5/c1-3(8)5(10)7(12)6(11)4(2)9/h3-12H,1-2H3/t3-,4+,5-,6+,7-. The lowest BCUT2D eigenvalue weighted by atomic mass is 10.0. The van der Waals surface area contributed by atoms with Crippen molar-refractivity contribution in [3.63, 3.8) is 0 Å². The molecular formula is C7H16O5. The maximum absolute atomic E-state index is 9.11. The highest BCUT2D eigenvalue weighted by atomic mass is 16.4. The monoisotopic (exact) mass is 180 g/mol. The summed E-state index contributed by atoms with van der Waals surface area (Å²) < 4.78 is 0. The summed E-state index contributed by atoms with van der Waals surface area (Å²) in [6, 6.07) is 0. The molecule has 0 unspecified atom stereocenters. The third kappa shape index (κ3) is 3.04. The van der Waals surface area contributed by atoms with Gasteiger partial charge in [0, 0.05) is 0 Å². The van der Waals surface area contributed by atoms with Crippen molar-refractivity contribution in [2.45, 2.75) is 44.4 Å². The Morgan fingerprint density at radius 3 is 1.00 bits per heavy atom. The first kappa shape index (κ1) is 11.8. The minimum absolute atomic E-state index is 1.15. The molecule has 74 valence electrons. The van der Waals surface area contributed by atoms with E-state index >= 15 is 0 Å². The van der Waals surface area contributed by atoms with Crippen LogP contribution >= 0.6 is 0 Å². The van der Waals surface area contributed by atoms with E-state index in [4.69, 9.17) is 25.5 Å². The molecule has 0 amide bonds. The summed E-state index contributed by atoms with van der Waals surface area (Å²) in [6.07, 6.45) is -6.73. The van der Waals surface area contributed by atoms with Crippen LogP contribution in [0.15, 0.2) is 0 Å². The number of hydrogen-bond donors (Lipinski definition) is 5. The first-order valence-electron chi connectivity index (χ1n) is 3.78. The summed E-state index contributed by atoms with van der Waals surface area (Å²) in [6.45, 7) is 2.56. The summed E-state index contributed by atoms with van der Waals surface area (Å²) in [4.78, 5) is 0. The Balaban J connectivity index is 4.08. The van der Waals surface area contributed by atoms with Crippen LogP contribution in [0.1, 0.15) is 13.8 Å². The lowest BCUT2D eigenvalue weighted by molar-refractivity contribution is -0.127. The second kappa shape index (κ2) is 4.74. The van der Waals surface area contributed by atoms with Crippen molar-refractivity contribution >= 4 is 0 Å². The molecule has 0 aliphatic carbocycles. The molecule has 5 heteroatoms.